The zero-order chi connectivity index (χ0) is 6.57. The third-order valence-electron chi connectivity index (χ3n) is 0.829. The summed E-state index contributed by atoms with van der Waals surface area (Å²) in [6.07, 6.45) is 0. The summed E-state index contributed by atoms with van der Waals surface area (Å²) < 4.78 is 0. The van der Waals surface area contributed by atoms with Crippen LogP contribution in [0.5, 0.6) is 0 Å². The van der Waals surface area contributed by atoms with Crippen LogP contribution in [0.2, 0.25) is 5.32 Å². The molecule has 0 radical (unpaired) electrons. The molecule has 1 unspecified atom stereocenters. The zero-order valence-electron chi connectivity index (χ0n) is 5.09. The summed E-state index contributed by atoms with van der Waals surface area (Å²) in [6, 6.07) is -0.407. The van der Waals surface area contributed by atoms with Crippen LogP contribution < -0.4 is 5.32 Å². The Hall–Kier alpha value is 0.469. The van der Waals surface area contributed by atoms with Gasteiger partial charge in [-0.15, -0.1) is 0 Å². The van der Waals surface area contributed by atoms with Gasteiger partial charge in [0.2, 0.25) is 0 Å². The van der Waals surface area contributed by atoms with Gasteiger partial charge in [0.1, 0.15) is 0 Å². The Bertz CT molecular complexity index is 84.6. The maximum absolute atomic E-state index is 10.1. The van der Waals surface area contributed by atoms with Crippen molar-refractivity contribution in [3.05, 3.63) is 0 Å². The minimum absolute atomic E-state index is 0. The fourth-order valence-corrected chi connectivity index (χ4v) is 1.00. The molecule has 3 nitrogen and oxygen atoms in total. The zero-order valence-corrected chi connectivity index (χ0v) is 9.06. The topological polar surface area (TPSA) is 49.3 Å². The minimum atomic E-state index is -0.798. The fourth-order valence-electron chi connectivity index (χ4n) is 0.293. The summed E-state index contributed by atoms with van der Waals surface area (Å²) in [4.78, 5) is 10.1. The summed E-state index contributed by atoms with van der Waals surface area (Å²) in [5.74, 6) is -0.798. The molecule has 9 heavy (non-hydrogen) atoms. The molecule has 0 spiro atoms. The summed E-state index contributed by atoms with van der Waals surface area (Å²) in [5.41, 5.74) is 0. The number of nitrogens with one attached hydrogen (secondary N) is 1. The van der Waals surface area contributed by atoms with Crippen LogP contribution in [0.1, 0.15) is 0 Å². The first-order valence-corrected chi connectivity index (χ1v) is 3.56. The van der Waals surface area contributed by atoms with Gasteiger partial charge >= 0.3 is 72.7 Å². The average Bonchev–Trinajstić information content (AvgIpc) is 1.69. The van der Waals surface area contributed by atoms with Crippen LogP contribution in [0, 0.1) is 0 Å². The van der Waals surface area contributed by atoms with Crippen molar-refractivity contribution < 1.29 is 9.90 Å². The van der Waals surface area contributed by atoms with E-state index in [-0.39, 0.29) is 17.1 Å². The first-order valence-electron chi connectivity index (χ1n) is 2.23. The van der Waals surface area contributed by atoms with Gasteiger partial charge in [0.05, 0.1) is 0 Å². The van der Waals surface area contributed by atoms with E-state index in [0.29, 0.717) is 5.32 Å². The molecular weight excluding hydrogens is 252 g/mol. The Morgan fingerprint density at radius 3 is 2.33 bits per heavy atom. The van der Waals surface area contributed by atoms with E-state index in [1.165, 1.54) is 0 Å². The van der Waals surface area contributed by atoms with Gasteiger partial charge in [-0.3, -0.25) is 0 Å². The van der Waals surface area contributed by atoms with Crippen molar-refractivity contribution in [2.75, 3.05) is 7.05 Å². The molecule has 1 atom stereocenters. The molecular formula is C4H11NO2Se2. The van der Waals surface area contributed by atoms with Gasteiger partial charge < -0.3 is 0 Å². The molecule has 0 aromatic rings. The van der Waals surface area contributed by atoms with Crippen LogP contribution in [0.4, 0.5) is 0 Å². The molecule has 0 saturated heterocycles. The Balaban J connectivity index is 0. The van der Waals surface area contributed by atoms with Crippen LogP contribution in [-0.2, 0) is 4.79 Å². The van der Waals surface area contributed by atoms with Gasteiger partial charge in [0.25, 0.3) is 0 Å². The molecule has 0 fully saturated rings. The molecule has 5 heteroatoms. The second-order valence-corrected chi connectivity index (χ2v) is 2.13. The van der Waals surface area contributed by atoms with Gasteiger partial charge in [0, 0.05) is 0 Å². The van der Waals surface area contributed by atoms with E-state index in [2.05, 4.69) is 21.3 Å². The van der Waals surface area contributed by atoms with Crippen molar-refractivity contribution >= 4 is 39.1 Å². The number of rotatable bonds is 3. The van der Waals surface area contributed by atoms with E-state index >= 15 is 0 Å². The van der Waals surface area contributed by atoms with E-state index < -0.39 is 12.0 Å². The summed E-state index contributed by atoms with van der Waals surface area (Å²) in [5, 5.41) is 11.5. The van der Waals surface area contributed by atoms with Crippen molar-refractivity contribution in [1.29, 1.82) is 0 Å². The maximum atomic E-state index is 10.1. The monoisotopic (exact) mass is 265 g/mol. The molecule has 0 aromatic carbocycles. The van der Waals surface area contributed by atoms with E-state index in [1.54, 1.807) is 7.05 Å². The second-order valence-electron chi connectivity index (χ2n) is 1.36. The molecule has 0 aromatic heterocycles. The van der Waals surface area contributed by atoms with Gasteiger partial charge in [-0.2, -0.15) is 0 Å². The molecule has 0 saturated carbocycles. The molecule has 0 heterocycles. The number of aliphatic carboxylic acids is 1. The normalized spacial score (nSPS) is 11.8. The number of carbonyl (C=O) groups is 1. The summed E-state index contributed by atoms with van der Waals surface area (Å²) >= 11 is 2.23. The van der Waals surface area contributed by atoms with Crippen LogP contribution in [0.15, 0.2) is 0 Å². The van der Waals surface area contributed by atoms with Gasteiger partial charge in [-0.1, -0.05) is 0 Å². The van der Waals surface area contributed by atoms with Crippen LogP contribution in [0.3, 0.4) is 0 Å². The van der Waals surface area contributed by atoms with Gasteiger partial charge in [-0.25, -0.2) is 0 Å². The Labute approximate surface area is 72.9 Å². The van der Waals surface area contributed by atoms with Crippen LogP contribution in [-0.4, -0.2) is 57.2 Å². The first-order chi connectivity index (χ1) is 3.72. The fraction of sp³-hybridized carbons (Fsp3) is 0.750. The average molecular weight is 263 g/mol. The molecule has 0 aliphatic rings. The SMILES string of the molecule is CNC(C[SeH])C(=O)O.[SeH2]. The van der Waals surface area contributed by atoms with E-state index in [1.807, 2.05) is 0 Å². The standard InChI is InChI=1S/C4H9NO2Se.H2Se/c1-5-3(2-8)4(6)7;/h3,5,8H,2H2,1H3,(H,6,7);1H2. The van der Waals surface area contributed by atoms with Gasteiger partial charge in [0.15, 0.2) is 0 Å². The van der Waals surface area contributed by atoms with Crippen molar-refractivity contribution in [2.45, 2.75) is 11.4 Å². The third-order valence-corrected chi connectivity index (χ3v) is 1.60. The number of likely N-dealkylation sites (N-methyl/N-ethyl adjacent to an activating group) is 1. The van der Waals surface area contributed by atoms with Crippen molar-refractivity contribution in [2.24, 2.45) is 0 Å². The predicted octanol–water partition coefficient (Wildman–Crippen LogP) is -1.94. The molecule has 0 aliphatic carbocycles. The van der Waals surface area contributed by atoms with Crippen LogP contribution in [0.25, 0.3) is 0 Å². The van der Waals surface area contributed by atoms with E-state index in [9.17, 15) is 4.79 Å². The molecule has 0 bridgehead atoms. The third kappa shape index (κ3) is 4.94. The van der Waals surface area contributed by atoms with Gasteiger partial charge in [-0.05, 0) is 0 Å². The quantitative estimate of drug-likeness (QED) is 0.583. The van der Waals surface area contributed by atoms with Crippen molar-refractivity contribution in [3.63, 3.8) is 0 Å². The van der Waals surface area contributed by atoms with Crippen molar-refractivity contribution in [3.8, 4) is 0 Å². The number of hydrogen-bond acceptors (Lipinski definition) is 2. The first kappa shape index (κ1) is 12.2. The second kappa shape index (κ2) is 6.59. The Morgan fingerprint density at radius 1 is 1.89 bits per heavy atom. The summed E-state index contributed by atoms with van der Waals surface area (Å²) in [7, 11) is 1.63. The van der Waals surface area contributed by atoms with Crippen molar-refractivity contribution in [1.82, 2.24) is 5.32 Å². The Morgan fingerprint density at radius 2 is 2.33 bits per heavy atom. The van der Waals surface area contributed by atoms with Crippen LogP contribution >= 0.6 is 0 Å². The number of carboxylic acids is 1. The molecule has 0 aliphatic heterocycles. The summed E-state index contributed by atoms with van der Waals surface area (Å²) in [6.45, 7) is 0. The van der Waals surface area contributed by atoms with E-state index in [0.717, 1.165) is 0 Å². The Kier molecular flexibility index (Phi) is 8.91. The van der Waals surface area contributed by atoms with E-state index in [4.69, 9.17) is 5.11 Å². The number of hydrogen-bond donors (Lipinski definition) is 2. The molecule has 0 rings (SSSR count). The molecule has 0 amide bonds. The predicted molar refractivity (Wildman–Crippen MR) is 41.0 cm³/mol. The molecule has 2 N–H and O–H groups in total. The molecule has 56 valence electrons. The number of carboxylic acid groups (broad SMARTS) is 1.